The van der Waals surface area contributed by atoms with Crippen LogP contribution in [0.2, 0.25) is 0 Å². The van der Waals surface area contributed by atoms with E-state index in [2.05, 4.69) is 58.9 Å². The van der Waals surface area contributed by atoms with Crippen LogP contribution in [0, 0.1) is 5.92 Å². The van der Waals surface area contributed by atoms with Gasteiger partial charge in [0.1, 0.15) is 19.3 Å². The number of carbonyl (C=O) groups excluding carboxylic acids is 4. The van der Waals surface area contributed by atoms with E-state index in [1.54, 1.807) is 0 Å². The second kappa shape index (κ2) is 67.7. The van der Waals surface area contributed by atoms with E-state index in [1.165, 1.54) is 180 Å². The molecule has 0 aliphatic heterocycles. The first kappa shape index (κ1) is 91.5. The maximum absolute atomic E-state index is 13.1. The van der Waals surface area contributed by atoms with Crippen molar-refractivity contribution in [2.24, 2.45) is 5.92 Å². The van der Waals surface area contributed by atoms with Gasteiger partial charge in [-0.25, -0.2) is 9.13 Å². The lowest BCUT2D eigenvalue weighted by molar-refractivity contribution is -0.161. The number of esters is 4. The van der Waals surface area contributed by atoms with Crippen LogP contribution in [-0.4, -0.2) is 96.7 Å². The summed E-state index contributed by atoms with van der Waals surface area (Å²) < 4.78 is 68.4. The highest BCUT2D eigenvalue weighted by Gasteiger charge is 2.30. The number of aliphatic hydroxyl groups is 1. The summed E-state index contributed by atoms with van der Waals surface area (Å²) in [6, 6.07) is 0. The number of rotatable bonds is 73. The fourth-order valence-electron chi connectivity index (χ4n) is 11.0. The van der Waals surface area contributed by atoms with Gasteiger partial charge in [0.25, 0.3) is 0 Å². The van der Waals surface area contributed by atoms with E-state index in [0.29, 0.717) is 25.7 Å². The molecule has 2 unspecified atom stereocenters. The molecule has 94 heavy (non-hydrogen) atoms. The number of unbranched alkanes of at least 4 members (excludes halogenated alkanes) is 42. The average molecular weight is 1380 g/mol. The Hall–Kier alpha value is -2.46. The third-order valence-electron chi connectivity index (χ3n) is 16.9. The van der Waals surface area contributed by atoms with Gasteiger partial charge in [0.05, 0.1) is 26.4 Å². The lowest BCUT2D eigenvalue weighted by Crippen LogP contribution is -2.30. The average Bonchev–Trinajstić information content (AvgIpc) is 2.24. The first-order valence-corrected chi connectivity index (χ1v) is 41.4. The van der Waals surface area contributed by atoms with E-state index >= 15 is 0 Å². The molecule has 0 saturated heterocycles. The zero-order chi connectivity index (χ0) is 69.1. The van der Waals surface area contributed by atoms with Gasteiger partial charge in [-0.05, 0) is 57.3 Å². The van der Waals surface area contributed by atoms with E-state index in [0.717, 1.165) is 109 Å². The number of aliphatic hydroxyl groups excluding tert-OH is 1. The van der Waals surface area contributed by atoms with Crippen LogP contribution in [0.15, 0.2) is 24.3 Å². The van der Waals surface area contributed by atoms with Crippen LogP contribution < -0.4 is 0 Å². The fourth-order valence-corrected chi connectivity index (χ4v) is 12.6. The van der Waals surface area contributed by atoms with Crippen molar-refractivity contribution in [2.45, 2.75) is 387 Å². The first-order chi connectivity index (χ1) is 45.5. The number of hydrogen-bond acceptors (Lipinski definition) is 15. The SMILES string of the molecule is CCCCCC/C=C\C=C/CCCCCCCC(=O)O[C@H](COC(=O)CCCCCCCCCCCCCCCCC)COP(=O)(O)OC[C@@H](O)COP(=O)(O)OC[C@@H](COC(=O)CCCCCCCCCCC(C)C)OC(=O)CCCCCCCCCCCCCCC. The second-order valence-corrected chi connectivity index (χ2v) is 29.7. The van der Waals surface area contributed by atoms with Crippen LogP contribution in [0.3, 0.4) is 0 Å². The van der Waals surface area contributed by atoms with Crippen molar-refractivity contribution in [2.75, 3.05) is 39.6 Å². The molecule has 0 spiro atoms. The maximum atomic E-state index is 13.1. The van der Waals surface area contributed by atoms with Gasteiger partial charge < -0.3 is 33.8 Å². The molecule has 0 rings (SSSR count). The van der Waals surface area contributed by atoms with Gasteiger partial charge in [0, 0.05) is 25.7 Å². The minimum absolute atomic E-state index is 0.0857. The van der Waals surface area contributed by atoms with Crippen LogP contribution in [0.5, 0.6) is 0 Å². The monoisotopic (exact) mass is 1380 g/mol. The molecule has 0 radical (unpaired) electrons. The number of allylic oxidation sites excluding steroid dienone is 4. The van der Waals surface area contributed by atoms with Gasteiger partial charge >= 0.3 is 39.5 Å². The quantitative estimate of drug-likeness (QED) is 0.0169. The summed E-state index contributed by atoms with van der Waals surface area (Å²) in [5, 5.41) is 10.6. The summed E-state index contributed by atoms with van der Waals surface area (Å²) in [6.07, 6.45) is 59.0. The van der Waals surface area contributed by atoms with Crippen molar-refractivity contribution < 1.29 is 80.2 Å². The Labute approximate surface area is 573 Å². The largest absolute Gasteiger partial charge is 0.472 e. The van der Waals surface area contributed by atoms with E-state index in [4.69, 9.17) is 37.0 Å². The van der Waals surface area contributed by atoms with Gasteiger partial charge in [-0.15, -0.1) is 0 Å². The summed E-state index contributed by atoms with van der Waals surface area (Å²) in [4.78, 5) is 72.8. The van der Waals surface area contributed by atoms with Gasteiger partial charge in [-0.2, -0.15) is 0 Å². The van der Waals surface area contributed by atoms with Crippen LogP contribution in [0.25, 0.3) is 0 Å². The molecule has 0 amide bonds. The van der Waals surface area contributed by atoms with Crippen molar-refractivity contribution in [1.29, 1.82) is 0 Å². The Bertz CT molecular complexity index is 1900. The zero-order valence-electron chi connectivity index (χ0n) is 60.6. The van der Waals surface area contributed by atoms with Crippen LogP contribution >= 0.6 is 15.6 Å². The molecule has 0 aliphatic carbocycles. The summed E-state index contributed by atoms with van der Waals surface area (Å²) in [7, 11) is -9.92. The van der Waals surface area contributed by atoms with Gasteiger partial charge in [-0.1, -0.05) is 316 Å². The number of phosphoric ester groups is 2. The number of phosphoric acid groups is 2. The molecule has 0 aromatic rings. The number of hydrogen-bond donors (Lipinski definition) is 3. The smallest absolute Gasteiger partial charge is 0.462 e. The predicted molar refractivity (Wildman–Crippen MR) is 381 cm³/mol. The molecule has 5 atom stereocenters. The van der Waals surface area contributed by atoms with E-state index in [1.807, 2.05) is 0 Å². The summed E-state index contributed by atoms with van der Waals surface area (Å²) in [5.41, 5.74) is 0. The van der Waals surface area contributed by atoms with E-state index in [-0.39, 0.29) is 25.7 Å². The molecule has 0 aromatic carbocycles. The molecule has 0 aliphatic rings. The third-order valence-corrected chi connectivity index (χ3v) is 18.8. The second-order valence-electron chi connectivity index (χ2n) is 26.8. The van der Waals surface area contributed by atoms with Gasteiger partial charge in [0.15, 0.2) is 12.2 Å². The summed E-state index contributed by atoms with van der Waals surface area (Å²) in [5.74, 6) is -1.42. The highest BCUT2D eigenvalue weighted by Crippen LogP contribution is 2.45. The Balaban J connectivity index is 5.29. The Morgan fingerprint density at radius 1 is 0.330 bits per heavy atom. The van der Waals surface area contributed by atoms with Crippen LogP contribution in [0.1, 0.15) is 369 Å². The minimum Gasteiger partial charge on any atom is -0.462 e. The minimum atomic E-state index is -4.96. The molecule has 0 saturated carbocycles. The summed E-state index contributed by atoms with van der Waals surface area (Å²) >= 11 is 0. The molecule has 3 N–H and O–H groups in total. The van der Waals surface area contributed by atoms with Crippen LogP contribution in [0.4, 0.5) is 0 Å². The molecule has 19 heteroatoms. The van der Waals surface area contributed by atoms with Crippen molar-refractivity contribution in [3.63, 3.8) is 0 Å². The normalized spacial score (nSPS) is 14.1. The first-order valence-electron chi connectivity index (χ1n) is 38.5. The highest BCUT2D eigenvalue weighted by atomic mass is 31.2. The lowest BCUT2D eigenvalue weighted by atomic mass is 10.0. The van der Waals surface area contributed by atoms with Gasteiger partial charge in [0.2, 0.25) is 0 Å². The van der Waals surface area contributed by atoms with E-state index in [9.17, 15) is 43.2 Å². The van der Waals surface area contributed by atoms with Crippen molar-refractivity contribution in [1.82, 2.24) is 0 Å². The lowest BCUT2D eigenvalue weighted by Gasteiger charge is -2.21. The highest BCUT2D eigenvalue weighted by molar-refractivity contribution is 7.47. The number of ether oxygens (including phenoxy) is 4. The molecule has 0 fully saturated rings. The Morgan fingerprint density at radius 2 is 0.574 bits per heavy atom. The predicted octanol–water partition coefficient (Wildman–Crippen LogP) is 21.6. The van der Waals surface area contributed by atoms with Crippen LogP contribution in [-0.2, 0) is 65.4 Å². The molecule has 0 aromatic heterocycles. The number of carbonyl (C=O) groups is 4. The molecule has 17 nitrogen and oxygen atoms in total. The van der Waals surface area contributed by atoms with Crippen molar-refractivity contribution in [3.8, 4) is 0 Å². The Morgan fingerprint density at radius 3 is 0.872 bits per heavy atom. The molecular formula is C75H142O17P2. The Kier molecular flexibility index (Phi) is 65.9. The molecule has 0 bridgehead atoms. The molecule has 0 heterocycles. The van der Waals surface area contributed by atoms with Crippen molar-refractivity contribution in [3.05, 3.63) is 24.3 Å². The van der Waals surface area contributed by atoms with Crippen molar-refractivity contribution >= 4 is 39.5 Å². The maximum Gasteiger partial charge on any atom is 0.472 e. The molecular weight excluding hydrogens is 1230 g/mol. The fraction of sp³-hybridized carbons (Fsp3) is 0.893. The molecule has 554 valence electrons. The van der Waals surface area contributed by atoms with E-state index < -0.39 is 97.5 Å². The zero-order valence-corrected chi connectivity index (χ0v) is 62.4. The van der Waals surface area contributed by atoms with Gasteiger partial charge in [-0.3, -0.25) is 37.3 Å². The summed E-state index contributed by atoms with van der Waals surface area (Å²) in [6.45, 7) is 7.19. The third kappa shape index (κ3) is 68.1. The standard InChI is InChI=1S/C75H142O17P2/c1-6-9-12-15-18-21-24-27-29-32-34-37-43-48-53-58-72(77)85-64-70(91-75(80)61-56-51-46-39-36-33-30-28-25-22-19-16-13-10-7-2)66-89-93(81,82)87-62-69(76)63-88-94(83,84)90-67-71(65-86-73(78)59-54-49-44-41-40-42-47-52-57-68(4)5)92-74(79)60-55-50-45-38-35-31-26-23-20-17-14-11-8-3/h22,25,28,30,68-71,76H,6-21,23-24,26-27,29,31-67H2,1-5H3,(H,81,82)(H,83,84)/b25-22-,30-28-/t69-,70-,71-/m1/s1. The topological polar surface area (TPSA) is 237 Å².